The van der Waals surface area contributed by atoms with E-state index in [9.17, 15) is 20.0 Å². The number of anilines is 2. The molecule has 0 bridgehead atoms. The number of carbonyl (C=O) groups is 1. The molecule has 5 heterocycles. The van der Waals surface area contributed by atoms with Crippen molar-refractivity contribution in [1.82, 2.24) is 24.5 Å². The molecule has 9 rings (SSSR count). The number of H-pyrrole nitrogens is 1. The maximum Gasteiger partial charge on any atom is 0.297 e. The highest BCUT2D eigenvalue weighted by Gasteiger charge is 2.39. The molecule has 0 spiro atoms. The van der Waals surface area contributed by atoms with Crippen LogP contribution < -0.4 is 24.4 Å². The zero-order chi connectivity index (χ0) is 43.2. The average molecular weight is 879 g/mol. The third-order valence-electron chi connectivity index (χ3n) is 12.3. The molecule has 1 aliphatic carbocycles. The number of nitro benzene ring substituents is 1. The number of aliphatic hydroxyl groups is 1. The van der Waals surface area contributed by atoms with Crippen LogP contribution in [0.25, 0.3) is 16.6 Å². The maximum atomic E-state index is 14.0. The number of amides is 1. The number of halogens is 1. The molecule has 3 aliphatic heterocycles. The summed E-state index contributed by atoms with van der Waals surface area (Å²) in [4.78, 5) is 40.7. The van der Waals surface area contributed by atoms with Gasteiger partial charge in [0.2, 0.25) is 0 Å². The molecule has 62 heavy (non-hydrogen) atoms. The van der Waals surface area contributed by atoms with Crippen molar-refractivity contribution in [2.75, 3.05) is 69.2 Å². The van der Waals surface area contributed by atoms with Gasteiger partial charge in [0, 0.05) is 91.7 Å². The molecule has 0 radical (unpaired) electrons. The van der Waals surface area contributed by atoms with E-state index in [-0.39, 0.29) is 17.1 Å². The molecule has 14 nitrogen and oxygen atoms in total. The van der Waals surface area contributed by atoms with Crippen LogP contribution in [0, 0.1) is 15.5 Å². The Hall–Kier alpha value is -5.32. The van der Waals surface area contributed by atoms with Crippen molar-refractivity contribution >= 4 is 63.1 Å². The highest BCUT2D eigenvalue weighted by molar-refractivity contribution is 7.98. The molecule has 4 N–H and O–H groups in total. The number of ether oxygens (including phenoxy) is 2. The first-order valence-corrected chi connectivity index (χ1v) is 22.3. The van der Waals surface area contributed by atoms with Crippen LogP contribution in [0.2, 0.25) is 5.02 Å². The number of piperazine rings is 1. The molecule has 2 saturated heterocycles. The first kappa shape index (κ1) is 42.0. The minimum absolute atomic E-state index is 0.151. The minimum atomic E-state index is -0.717. The summed E-state index contributed by atoms with van der Waals surface area (Å²) in [5.74, 6) is 0.752. The van der Waals surface area contributed by atoms with Crippen LogP contribution >= 0.6 is 23.5 Å². The number of allylic oxidation sites excluding steroid dienone is 1. The molecule has 1 atom stereocenters. The second-order valence-electron chi connectivity index (χ2n) is 18.0. The zero-order valence-corrected chi connectivity index (χ0v) is 36.7. The van der Waals surface area contributed by atoms with E-state index in [1.807, 2.05) is 42.6 Å². The highest BCUT2D eigenvalue weighted by atomic mass is 35.5. The van der Waals surface area contributed by atoms with Crippen molar-refractivity contribution in [1.29, 1.82) is 0 Å². The molecule has 2 fully saturated rings. The van der Waals surface area contributed by atoms with E-state index in [0.29, 0.717) is 59.6 Å². The number of aromatic amines is 1. The van der Waals surface area contributed by atoms with Gasteiger partial charge in [-0.25, -0.2) is 4.98 Å². The quantitative estimate of drug-likeness (QED) is 0.0539. The van der Waals surface area contributed by atoms with Gasteiger partial charge in [-0.05, 0) is 97.2 Å². The molecule has 16 heteroatoms. The van der Waals surface area contributed by atoms with Gasteiger partial charge in [0.05, 0.1) is 28.3 Å². The number of pyridine rings is 1. The van der Waals surface area contributed by atoms with E-state index in [1.165, 1.54) is 29.2 Å². The lowest BCUT2D eigenvalue weighted by atomic mass is 9.72. The highest BCUT2D eigenvalue weighted by Crippen LogP contribution is 2.44. The second kappa shape index (κ2) is 17.1. The lowest BCUT2D eigenvalue weighted by Crippen LogP contribution is -2.62. The molecule has 3 aromatic carbocycles. The standard InChI is InChI=1S/C46H51ClN8O6S/c1-45(2)12-10-31(38(22-45)29-4-6-32(47)7-5-29)24-52-14-16-54(17-15-52)34-8-9-37(40(19-34)61-35-18-30-11-13-48-43(30)49-23-35)44(56)51-62-36-20-39(55(58)59)42-41(21-36)60-26-33(50-42)25-53-27-46(3,57)28-53/h4-9,11,13,18-21,23,33,50,57H,10,12,14-17,22,24-28H2,1-3H3,(H,48,49)(H,51,56)/t33-/m0/s1. The molecule has 4 aliphatic rings. The van der Waals surface area contributed by atoms with Gasteiger partial charge in [0.25, 0.3) is 11.6 Å². The first-order valence-electron chi connectivity index (χ1n) is 21.1. The van der Waals surface area contributed by atoms with E-state index >= 15 is 0 Å². The van der Waals surface area contributed by atoms with Gasteiger partial charge in [-0.15, -0.1) is 0 Å². The number of nitro groups is 1. The van der Waals surface area contributed by atoms with Crippen molar-refractivity contribution in [3.63, 3.8) is 0 Å². The third-order valence-corrected chi connectivity index (χ3v) is 13.3. The van der Waals surface area contributed by atoms with Crippen molar-refractivity contribution < 1.29 is 24.3 Å². The number of likely N-dealkylation sites (tertiary alicyclic amines) is 1. The zero-order valence-electron chi connectivity index (χ0n) is 35.1. The summed E-state index contributed by atoms with van der Waals surface area (Å²) in [5, 5.41) is 27.3. The van der Waals surface area contributed by atoms with Gasteiger partial charge >= 0.3 is 0 Å². The number of hydrogen-bond donors (Lipinski definition) is 4. The number of benzene rings is 3. The topological polar surface area (TPSA) is 161 Å². The van der Waals surface area contributed by atoms with Crippen LogP contribution in [-0.4, -0.2) is 106 Å². The summed E-state index contributed by atoms with van der Waals surface area (Å²) in [5.41, 5.74) is 5.86. The lowest BCUT2D eigenvalue weighted by Gasteiger charge is -2.46. The number of nitrogens with zero attached hydrogens (tertiary/aromatic N) is 5. The fraction of sp³-hybridized carbons (Fsp3) is 0.391. The predicted molar refractivity (Wildman–Crippen MR) is 244 cm³/mol. The van der Waals surface area contributed by atoms with E-state index in [2.05, 4.69) is 60.7 Å². The van der Waals surface area contributed by atoms with Crippen molar-refractivity contribution in [2.24, 2.45) is 5.41 Å². The Morgan fingerprint density at radius 1 is 1.06 bits per heavy atom. The number of aromatic nitrogens is 2. The third kappa shape index (κ3) is 9.37. The van der Waals surface area contributed by atoms with Gasteiger partial charge in [-0.2, -0.15) is 0 Å². The Morgan fingerprint density at radius 2 is 1.85 bits per heavy atom. The molecule has 0 unspecified atom stereocenters. The van der Waals surface area contributed by atoms with Crippen LogP contribution in [-0.2, 0) is 0 Å². The van der Waals surface area contributed by atoms with Crippen molar-refractivity contribution in [3.8, 4) is 17.2 Å². The fourth-order valence-electron chi connectivity index (χ4n) is 9.07. The Balaban J connectivity index is 0.902. The number of rotatable bonds is 12. The van der Waals surface area contributed by atoms with Gasteiger partial charge in [0.15, 0.2) is 11.4 Å². The molecular formula is C46H51ClN8O6S. The van der Waals surface area contributed by atoms with Crippen LogP contribution in [0.15, 0.2) is 89.6 Å². The molecule has 1 amide bonds. The molecule has 2 aromatic heterocycles. The first-order chi connectivity index (χ1) is 29.7. The summed E-state index contributed by atoms with van der Waals surface area (Å²) in [6.45, 7) is 12.8. The molecule has 324 valence electrons. The smallest absolute Gasteiger partial charge is 0.297 e. The largest absolute Gasteiger partial charge is 0.489 e. The fourth-order valence-corrected chi connectivity index (χ4v) is 9.85. The Kier molecular flexibility index (Phi) is 11.6. The van der Waals surface area contributed by atoms with Gasteiger partial charge in [-0.1, -0.05) is 43.2 Å². The second-order valence-corrected chi connectivity index (χ2v) is 19.3. The summed E-state index contributed by atoms with van der Waals surface area (Å²) in [6.07, 6.45) is 6.73. The molecule has 0 saturated carbocycles. The van der Waals surface area contributed by atoms with Crippen LogP contribution in [0.5, 0.6) is 17.2 Å². The van der Waals surface area contributed by atoms with Crippen LogP contribution in [0.1, 0.15) is 56.0 Å². The van der Waals surface area contributed by atoms with Crippen LogP contribution in [0.4, 0.5) is 17.1 Å². The normalized spacial score (nSPS) is 19.9. The van der Waals surface area contributed by atoms with Crippen molar-refractivity contribution in [3.05, 3.63) is 111 Å². The SMILES string of the molecule is CC1(C)CCC(CN2CCN(c3ccc(C(=O)NSc4cc5c(c([N+](=O)[O-])c4)N[C@@H](CN4CC(C)(O)C4)CO5)c(Oc4cnc5[nH]ccc5c4)c3)CC2)=C(c2ccc(Cl)cc2)C1. The summed E-state index contributed by atoms with van der Waals surface area (Å²) >= 11 is 7.23. The Bertz CT molecular complexity index is 2530. The minimum Gasteiger partial charge on any atom is -0.489 e. The van der Waals surface area contributed by atoms with E-state index < -0.39 is 16.4 Å². The van der Waals surface area contributed by atoms with Crippen molar-refractivity contribution in [2.45, 2.75) is 56.6 Å². The number of β-amino-alcohol motifs (C(OH)–C–C–N with tert-alkyl or cyclic N) is 1. The maximum absolute atomic E-state index is 14.0. The van der Waals surface area contributed by atoms with Gasteiger partial charge < -0.3 is 29.8 Å². The summed E-state index contributed by atoms with van der Waals surface area (Å²) in [7, 11) is 0. The monoisotopic (exact) mass is 878 g/mol. The number of nitrogens with one attached hydrogen (secondary N) is 3. The summed E-state index contributed by atoms with van der Waals surface area (Å²) in [6, 6.07) is 20.6. The van der Waals surface area contributed by atoms with E-state index in [1.54, 1.807) is 25.3 Å². The molecular weight excluding hydrogens is 828 g/mol. The van der Waals surface area contributed by atoms with Gasteiger partial charge in [-0.3, -0.25) is 29.4 Å². The number of carbonyl (C=O) groups excluding carboxylic acids is 1. The Morgan fingerprint density at radius 3 is 2.61 bits per heavy atom. The van der Waals surface area contributed by atoms with E-state index in [0.717, 1.165) is 79.3 Å². The summed E-state index contributed by atoms with van der Waals surface area (Å²) < 4.78 is 15.3. The molecule has 5 aromatic rings. The number of fused-ring (bicyclic) bond motifs is 2. The predicted octanol–water partition coefficient (Wildman–Crippen LogP) is 8.38. The Labute approximate surface area is 369 Å². The number of hydrogen-bond acceptors (Lipinski definition) is 12. The lowest BCUT2D eigenvalue weighted by molar-refractivity contribution is -0.384. The van der Waals surface area contributed by atoms with Gasteiger partial charge in [0.1, 0.15) is 23.8 Å². The van der Waals surface area contributed by atoms with Crippen LogP contribution in [0.3, 0.4) is 0 Å². The van der Waals surface area contributed by atoms with E-state index in [4.69, 9.17) is 21.1 Å². The average Bonchev–Trinajstić information content (AvgIpc) is 3.71.